The lowest BCUT2D eigenvalue weighted by molar-refractivity contribution is 0.0730. The lowest BCUT2D eigenvalue weighted by Gasteiger charge is -2.26. The smallest absolute Gasteiger partial charge is 0.255 e. The summed E-state index contributed by atoms with van der Waals surface area (Å²) in [5.74, 6) is -1.52. The van der Waals surface area contributed by atoms with Crippen LogP contribution in [0.1, 0.15) is 27.5 Å². The molecule has 4 rings (SSSR count). The van der Waals surface area contributed by atoms with Crippen LogP contribution in [0, 0.1) is 5.82 Å². The largest absolute Gasteiger partial charge is 0.379 e. The predicted octanol–water partition coefficient (Wildman–Crippen LogP) is 2.76. The highest BCUT2D eigenvalue weighted by atomic mass is 32.2. The van der Waals surface area contributed by atoms with Crippen LogP contribution in [-0.2, 0) is 14.8 Å². The van der Waals surface area contributed by atoms with E-state index < -0.39 is 27.8 Å². The first-order valence-corrected chi connectivity index (χ1v) is 11.5. The summed E-state index contributed by atoms with van der Waals surface area (Å²) in [6, 6.07) is 15.4. The Bertz CT molecular complexity index is 1140. The number of halogens is 1. The van der Waals surface area contributed by atoms with Gasteiger partial charge in [0.1, 0.15) is 5.82 Å². The van der Waals surface area contributed by atoms with Crippen molar-refractivity contribution in [3.8, 4) is 0 Å². The van der Waals surface area contributed by atoms with Crippen LogP contribution in [0.2, 0.25) is 0 Å². The van der Waals surface area contributed by atoms with Gasteiger partial charge in [-0.1, -0.05) is 30.3 Å². The Labute approximate surface area is 185 Å². The zero-order chi connectivity index (χ0) is 22.6. The van der Waals surface area contributed by atoms with Crippen LogP contribution in [0.25, 0.3) is 0 Å². The van der Waals surface area contributed by atoms with E-state index in [-0.39, 0.29) is 23.5 Å². The molecule has 1 unspecified atom stereocenters. The van der Waals surface area contributed by atoms with Crippen molar-refractivity contribution in [2.24, 2.45) is 0 Å². The zero-order valence-corrected chi connectivity index (χ0v) is 18.0. The monoisotopic (exact) mass is 455 g/mol. The quantitative estimate of drug-likeness (QED) is 0.618. The fraction of sp³-hybridized carbons (Fsp3) is 0.217. The van der Waals surface area contributed by atoms with Crippen molar-refractivity contribution in [1.82, 2.24) is 14.6 Å². The van der Waals surface area contributed by atoms with Gasteiger partial charge in [-0.3, -0.25) is 9.78 Å². The second-order valence-electron chi connectivity index (χ2n) is 7.26. The van der Waals surface area contributed by atoms with Gasteiger partial charge in [0.05, 0.1) is 29.7 Å². The molecule has 32 heavy (non-hydrogen) atoms. The average molecular weight is 456 g/mol. The van der Waals surface area contributed by atoms with Gasteiger partial charge in [0.25, 0.3) is 5.91 Å². The van der Waals surface area contributed by atoms with Gasteiger partial charge in [-0.05, 0) is 41.5 Å². The Kier molecular flexibility index (Phi) is 6.59. The molecule has 2 heterocycles. The molecule has 0 radical (unpaired) electrons. The van der Waals surface area contributed by atoms with Crippen molar-refractivity contribution in [3.63, 3.8) is 0 Å². The number of aromatic nitrogens is 1. The van der Waals surface area contributed by atoms with Gasteiger partial charge in [0.15, 0.2) is 0 Å². The zero-order valence-electron chi connectivity index (χ0n) is 17.1. The fourth-order valence-electron chi connectivity index (χ4n) is 3.54. The number of nitrogens with zero attached hydrogens (tertiary/aromatic N) is 2. The Morgan fingerprint density at radius 2 is 1.66 bits per heavy atom. The van der Waals surface area contributed by atoms with Crippen LogP contribution in [0.15, 0.2) is 78.0 Å². The molecule has 1 saturated heterocycles. The number of hydrogen-bond acceptors (Lipinski definition) is 5. The number of amides is 1. The summed E-state index contributed by atoms with van der Waals surface area (Å²) in [5, 5.41) is 2.83. The summed E-state index contributed by atoms with van der Waals surface area (Å²) in [4.78, 5) is 17.0. The van der Waals surface area contributed by atoms with Gasteiger partial charge in [-0.2, -0.15) is 4.31 Å². The summed E-state index contributed by atoms with van der Waals surface area (Å²) in [6.45, 7) is 0.996. The van der Waals surface area contributed by atoms with Crippen molar-refractivity contribution in [3.05, 3.63) is 95.6 Å². The maximum Gasteiger partial charge on any atom is 0.255 e. The maximum absolute atomic E-state index is 14.6. The number of nitrogens with one attached hydrogen (secondary N) is 1. The lowest BCUT2D eigenvalue weighted by Crippen LogP contribution is -2.40. The van der Waals surface area contributed by atoms with Crippen LogP contribution >= 0.6 is 0 Å². The van der Waals surface area contributed by atoms with Gasteiger partial charge in [0.2, 0.25) is 10.0 Å². The van der Waals surface area contributed by atoms with E-state index in [0.717, 1.165) is 23.3 Å². The molecule has 1 aliphatic heterocycles. The number of carbonyl (C=O) groups excluding carboxylic acids is 1. The minimum atomic E-state index is -3.87. The van der Waals surface area contributed by atoms with E-state index in [1.165, 1.54) is 10.4 Å². The molecular weight excluding hydrogens is 433 g/mol. The standard InChI is InChI=1S/C23H22FN3O4S/c24-21-7-6-19(32(29,30)27-12-14-31-15-13-27)16-20(21)23(28)26-22(17-4-2-1-3-5-17)18-8-10-25-11-9-18/h1-11,16,22H,12-15H2,(H,26,28). The number of rotatable bonds is 6. The Morgan fingerprint density at radius 1 is 1.00 bits per heavy atom. The van der Waals surface area contributed by atoms with Crippen molar-refractivity contribution < 1.29 is 22.3 Å². The number of pyridine rings is 1. The second kappa shape index (κ2) is 9.56. The van der Waals surface area contributed by atoms with Crippen LogP contribution in [0.4, 0.5) is 4.39 Å². The maximum atomic E-state index is 14.6. The van der Waals surface area contributed by atoms with Crippen molar-refractivity contribution in [2.45, 2.75) is 10.9 Å². The van der Waals surface area contributed by atoms with E-state index in [9.17, 15) is 17.6 Å². The van der Waals surface area contributed by atoms with E-state index in [0.29, 0.717) is 13.2 Å². The summed E-state index contributed by atoms with van der Waals surface area (Å²) < 4.78 is 47.0. The van der Waals surface area contributed by atoms with Crippen molar-refractivity contribution in [2.75, 3.05) is 26.3 Å². The average Bonchev–Trinajstić information content (AvgIpc) is 2.84. The number of benzene rings is 2. The second-order valence-corrected chi connectivity index (χ2v) is 9.19. The SMILES string of the molecule is O=C(NC(c1ccccc1)c1ccncc1)c1cc(S(=O)(=O)N2CCOCC2)ccc1F. The minimum Gasteiger partial charge on any atom is -0.379 e. The van der Waals surface area contributed by atoms with Gasteiger partial charge in [-0.15, -0.1) is 0 Å². The lowest BCUT2D eigenvalue weighted by atomic mass is 9.99. The highest BCUT2D eigenvalue weighted by Crippen LogP contribution is 2.24. The first-order valence-electron chi connectivity index (χ1n) is 10.1. The van der Waals surface area contributed by atoms with E-state index in [4.69, 9.17) is 4.74 Å². The fourth-order valence-corrected chi connectivity index (χ4v) is 4.98. The molecule has 1 N–H and O–H groups in total. The number of hydrogen-bond donors (Lipinski definition) is 1. The third-order valence-electron chi connectivity index (χ3n) is 5.24. The molecule has 1 aliphatic rings. The van der Waals surface area contributed by atoms with Crippen LogP contribution in [0.3, 0.4) is 0 Å². The molecule has 1 aromatic heterocycles. The van der Waals surface area contributed by atoms with E-state index in [1.54, 1.807) is 24.5 Å². The Morgan fingerprint density at radius 3 is 2.34 bits per heavy atom. The topological polar surface area (TPSA) is 88.6 Å². The number of carbonyl (C=O) groups is 1. The van der Waals surface area contributed by atoms with Crippen molar-refractivity contribution >= 4 is 15.9 Å². The van der Waals surface area contributed by atoms with Crippen LogP contribution in [0.5, 0.6) is 0 Å². The van der Waals surface area contributed by atoms with Gasteiger partial charge >= 0.3 is 0 Å². The molecule has 0 spiro atoms. The normalized spacial score (nSPS) is 15.8. The molecule has 1 atom stereocenters. The van der Waals surface area contributed by atoms with Gasteiger partial charge < -0.3 is 10.1 Å². The third kappa shape index (κ3) is 4.69. The molecule has 1 fully saturated rings. The van der Waals surface area contributed by atoms with Gasteiger partial charge in [0, 0.05) is 25.5 Å². The van der Waals surface area contributed by atoms with E-state index >= 15 is 0 Å². The molecule has 0 saturated carbocycles. The molecular formula is C23H22FN3O4S. The first kappa shape index (κ1) is 22.1. The summed E-state index contributed by atoms with van der Waals surface area (Å²) in [6.07, 6.45) is 3.21. The van der Waals surface area contributed by atoms with Gasteiger partial charge in [-0.25, -0.2) is 12.8 Å². The highest BCUT2D eigenvalue weighted by molar-refractivity contribution is 7.89. The number of ether oxygens (including phenoxy) is 1. The summed E-state index contributed by atoms with van der Waals surface area (Å²) >= 11 is 0. The number of sulfonamides is 1. The number of morpholine rings is 1. The van der Waals surface area contributed by atoms with Crippen LogP contribution in [-0.4, -0.2) is 49.9 Å². The molecule has 0 bridgehead atoms. The molecule has 1 amide bonds. The Balaban J connectivity index is 1.65. The molecule has 2 aromatic carbocycles. The molecule has 0 aliphatic carbocycles. The Hall–Kier alpha value is -3.14. The first-order chi connectivity index (χ1) is 15.5. The minimum absolute atomic E-state index is 0.133. The van der Waals surface area contributed by atoms with Crippen LogP contribution < -0.4 is 5.32 Å². The molecule has 9 heteroatoms. The third-order valence-corrected chi connectivity index (χ3v) is 7.13. The predicted molar refractivity (Wildman–Crippen MR) is 116 cm³/mol. The van der Waals surface area contributed by atoms with E-state index in [2.05, 4.69) is 10.3 Å². The molecule has 7 nitrogen and oxygen atoms in total. The molecule has 166 valence electrons. The van der Waals surface area contributed by atoms with E-state index in [1.807, 2.05) is 30.3 Å². The molecule has 3 aromatic rings. The summed E-state index contributed by atoms with van der Waals surface area (Å²) in [7, 11) is -3.87. The van der Waals surface area contributed by atoms with Crippen molar-refractivity contribution in [1.29, 1.82) is 0 Å². The highest BCUT2D eigenvalue weighted by Gasteiger charge is 2.28. The summed E-state index contributed by atoms with van der Waals surface area (Å²) in [5.41, 5.74) is 1.22.